The molecule has 142 valence electrons. The third kappa shape index (κ3) is 3.38. The van der Waals surface area contributed by atoms with Crippen LogP contribution in [0, 0.1) is 10.1 Å². The molecular weight excluding hydrogens is 346 g/mol. The van der Waals surface area contributed by atoms with Crippen molar-refractivity contribution in [3.05, 3.63) is 75.3 Å². The van der Waals surface area contributed by atoms with E-state index in [0.717, 1.165) is 11.1 Å². The SMILES string of the molecule is CC1(C)c2ccc([N+](=O)[O-])cc2C(N(CCc2ccccc2)C(N)=O)C1O. The lowest BCUT2D eigenvalue weighted by molar-refractivity contribution is -0.385. The number of nitrogens with zero attached hydrogens (tertiary/aromatic N) is 2. The number of fused-ring (bicyclic) bond motifs is 1. The molecule has 7 heteroatoms. The summed E-state index contributed by atoms with van der Waals surface area (Å²) in [5.74, 6) is 0. The molecule has 2 atom stereocenters. The molecule has 7 nitrogen and oxygen atoms in total. The Kier molecular flexibility index (Phi) is 4.89. The van der Waals surface area contributed by atoms with E-state index in [4.69, 9.17) is 5.73 Å². The fourth-order valence-corrected chi connectivity index (χ4v) is 3.84. The van der Waals surface area contributed by atoms with Gasteiger partial charge in [0.05, 0.1) is 17.1 Å². The van der Waals surface area contributed by atoms with Gasteiger partial charge in [-0.25, -0.2) is 4.79 Å². The van der Waals surface area contributed by atoms with Gasteiger partial charge in [-0.1, -0.05) is 50.2 Å². The van der Waals surface area contributed by atoms with Crippen molar-refractivity contribution >= 4 is 11.7 Å². The number of nitro benzene ring substituents is 1. The maximum absolute atomic E-state index is 12.2. The van der Waals surface area contributed by atoms with Crippen LogP contribution < -0.4 is 5.73 Å². The van der Waals surface area contributed by atoms with Crippen LogP contribution in [-0.2, 0) is 11.8 Å². The first-order valence-electron chi connectivity index (χ1n) is 8.80. The number of nitro groups is 1. The second-order valence-corrected chi connectivity index (χ2v) is 7.41. The highest BCUT2D eigenvalue weighted by molar-refractivity contribution is 5.73. The van der Waals surface area contributed by atoms with E-state index < -0.39 is 28.5 Å². The van der Waals surface area contributed by atoms with Crippen LogP contribution in [0.3, 0.4) is 0 Å². The number of aliphatic hydroxyl groups excluding tert-OH is 1. The summed E-state index contributed by atoms with van der Waals surface area (Å²) in [6.45, 7) is 4.02. The third-order valence-electron chi connectivity index (χ3n) is 5.40. The maximum atomic E-state index is 12.2. The summed E-state index contributed by atoms with van der Waals surface area (Å²) in [5, 5.41) is 22.2. The predicted octanol–water partition coefficient (Wildman–Crippen LogP) is 2.91. The molecule has 1 aliphatic carbocycles. The number of nitrogens with two attached hydrogens (primary N) is 1. The lowest BCUT2D eigenvalue weighted by Crippen LogP contribution is -2.46. The molecule has 0 bridgehead atoms. The van der Waals surface area contributed by atoms with E-state index in [2.05, 4.69) is 0 Å². The van der Waals surface area contributed by atoms with E-state index in [1.54, 1.807) is 6.07 Å². The zero-order valence-electron chi connectivity index (χ0n) is 15.3. The fraction of sp³-hybridized carbons (Fsp3) is 0.350. The summed E-state index contributed by atoms with van der Waals surface area (Å²) in [6, 6.07) is 12.8. The first-order valence-corrected chi connectivity index (χ1v) is 8.80. The lowest BCUT2D eigenvalue weighted by atomic mass is 9.84. The van der Waals surface area contributed by atoms with Gasteiger partial charge < -0.3 is 15.7 Å². The number of benzene rings is 2. The molecule has 0 aliphatic heterocycles. The largest absolute Gasteiger partial charge is 0.390 e. The molecule has 0 heterocycles. The lowest BCUT2D eigenvalue weighted by Gasteiger charge is -2.33. The number of carbonyl (C=O) groups is 1. The van der Waals surface area contributed by atoms with Crippen molar-refractivity contribution in [3.8, 4) is 0 Å². The Morgan fingerprint density at radius 3 is 2.52 bits per heavy atom. The zero-order chi connectivity index (χ0) is 19.8. The van der Waals surface area contributed by atoms with Gasteiger partial charge >= 0.3 is 6.03 Å². The smallest absolute Gasteiger partial charge is 0.315 e. The highest BCUT2D eigenvalue weighted by atomic mass is 16.6. The molecule has 3 N–H and O–H groups in total. The average Bonchev–Trinajstić information content (AvgIpc) is 2.83. The molecule has 0 radical (unpaired) electrons. The molecule has 0 aromatic heterocycles. The maximum Gasteiger partial charge on any atom is 0.315 e. The van der Waals surface area contributed by atoms with E-state index in [9.17, 15) is 20.0 Å². The quantitative estimate of drug-likeness (QED) is 0.624. The van der Waals surface area contributed by atoms with Gasteiger partial charge in [-0.15, -0.1) is 0 Å². The number of urea groups is 1. The van der Waals surface area contributed by atoms with E-state index >= 15 is 0 Å². The van der Waals surface area contributed by atoms with Crippen molar-refractivity contribution < 1.29 is 14.8 Å². The Morgan fingerprint density at radius 1 is 1.26 bits per heavy atom. The molecule has 1 aliphatic rings. The molecule has 2 aromatic rings. The van der Waals surface area contributed by atoms with Crippen LogP contribution in [-0.4, -0.2) is 33.6 Å². The standard InChI is InChI=1S/C20H23N3O4/c1-20(2)16-9-8-14(23(26)27)12-15(16)17(18(20)24)22(19(21)25)11-10-13-6-4-3-5-7-13/h3-9,12,17-18,24H,10-11H2,1-2H3,(H2,21,25). The van der Waals surface area contributed by atoms with Crippen LogP contribution in [0.4, 0.5) is 10.5 Å². The Bertz CT molecular complexity index is 867. The number of hydrogen-bond acceptors (Lipinski definition) is 4. The number of non-ortho nitro benzene ring substituents is 1. The van der Waals surface area contributed by atoms with E-state index in [1.807, 2.05) is 44.2 Å². The van der Waals surface area contributed by atoms with Crippen molar-refractivity contribution in [2.45, 2.75) is 37.8 Å². The van der Waals surface area contributed by atoms with Gasteiger partial charge in [0.2, 0.25) is 0 Å². The molecule has 0 spiro atoms. The van der Waals surface area contributed by atoms with E-state index in [-0.39, 0.29) is 5.69 Å². The first kappa shape index (κ1) is 18.8. The molecular formula is C20H23N3O4. The Hall–Kier alpha value is -2.93. The van der Waals surface area contributed by atoms with Crippen LogP contribution in [0.15, 0.2) is 48.5 Å². The van der Waals surface area contributed by atoms with Gasteiger partial charge in [0.15, 0.2) is 0 Å². The highest BCUT2D eigenvalue weighted by Gasteiger charge is 2.49. The second-order valence-electron chi connectivity index (χ2n) is 7.41. The summed E-state index contributed by atoms with van der Waals surface area (Å²) in [5.41, 5.74) is 7.30. The van der Waals surface area contributed by atoms with Crippen LogP contribution >= 0.6 is 0 Å². The summed E-state index contributed by atoms with van der Waals surface area (Å²) in [4.78, 5) is 24.3. The number of rotatable bonds is 5. The number of aliphatic hydroxyl groups is 1. The molecule has 0 fully saturated rings. The van der Waals surface area contributed by atoms with Crippen molar-refractivity contribution in [1.29, 1.82) is 0 Å². The van der Waals surface area contributed by atoms with Crippen LogP contribution in [0.5, 0.6) is 0 Å². The second kappa shape index (κ2) is 7.00. The Labute approximate surface area is 157 Å². The molecule has 2 amide bonds. The summed E-state index contributed by atoms with van der Waals surface area (Å²) in [7, 11) is 0. The van der Waals surface area contributed by atoms with Crippen molar-refractivity contribution in [2.75, 3.05) is 6.54 Å². The normalized spacial score (nSPS) is 20.1. The van der Waals surface area contributed by atoms with Crippen molar-refractivity contribution in [2.24, 2.45) is 5.73 Å². The van der Waals surface area contributed by atoms with Crippen LogP contribution in [0.25, 0.3) is 0 Å². The minimum atomic E-state index is -0.919. The van der Waals surface area contributed by atoms with Gasteiger partial charge in [-0.05, 0) is 23.1 Å². The molecule has 3 rings (SSSR count). The summed E-state index contributed by atoms with van der Waals surface area (Å²) < 4.78 is 0. The topological polar surface area (TPSA) is 110 Å². The molecule has 27 heavy (non-hydrogen) atoms. The molecule has 2 unspecified atom stereocenters. The number of primary amides is 1. The number of hydrogen-bond donors (Lipinski definition) is 2. The van der Waals surface area contributed by atoms with Gasteiger partial charge in [-0.2, -0.15) is 0 Å². The van der Waals surface area contributed by atoms with E-state index in [1.165, 1.54) is 17.0 Å². The number of carbonyl (C=O) groups excluding carboxylic acids is 1. The monoisotopic (exact) mass is 369 g/mol. The highest BCUT2D eigenvalue weighted by Crippen LogP contribution is 2.48. The van der Waals surface area contributed by atoms with Crippen molar-refractivity contribution in [1.82, 2.24) is 4.90 Å². The summed E-state index contributed by atoms with van der Waals surface area (Å²) >= 11 is 0. The summed E-state index contributed by atoms with van der Waals surface area (Å²) in [6.07, 6.45) is -0.352. The van der Waals surface area contributed by atoms with Crippen LogP contribution in [0.1, 0.15) is 36.6 Å². The Morgan fingerprint density at radius 2 is 1.93 bits per heavy atom. The van der Waals surface area contributed by atoms with Crippen molar-refractivity contribution in [3.63, 3.8) is 0 Å². The van der Waals surface area contributed by atoms with Gasteiger partial charge in [0.25, 0.3) is 5.69 Å². The minimum absolute atomic E-state index is 0.0730. The average molecular weight is 369 g/mol. The van der Waals surface area contributed by atoms with Crippen LogP contribution in [0.2, 0.25) is 0 Å². The van der Waals surface area contributed by atoms with Gasteiger partial charge in [0.1, 0.15) is 0 Å². The fourth-order valence-electron chi connectivity index (χ4n) is 3.84. The van der Waals surface area contributed by atoms with Gasteiger partial charge in [0, 0.05) is 24.1 Å². The predicted molar refractivity (Wildman–Crippen MR) is 101 cm³/mol. The Balaban J connectivity index is 1.98. The molecule has 0 saturated carbocycles. The first-order chi connectivity index (χ1) is 12.7. The third-order valence-corrected chi connectivity index (χ3v) is 5.40. The van der Waals surface area contributed by atoms with Gasteiger partial charge in [-0.3, -0.25) is 10.1 Å². The van der Waals surface area contributed by atoms with E-state index in [0.29, 0.717) is 18.5 Å². The number of amides is 2. The zero-order valence-corrected chi connectivity index (χ0v) is 15.3. The molecule has 0 saturated heterocycles. The minimum Gasteiger partial charge on any atom is -0.390 e. The molecule has 2 aromatic carbocycles.